The van der Waals surface area contributed by atoms with Crippen LogP contribution in [0.25, 0.3) is 11.3 Å². The third-order valence-electron chi connectivity index (χ3n) is 4.84. The molecule has 5 heteroatoms. The summed E-state index contributed by atoms with van der Waals surface area (Å²) in [6.07, 6.45) is 5.97. The molecule has 128 valence electrons. The zero-order valence-electron chi connectivity index (χ0n) is 14.0. The Morgan fingerprint density at radius 2 is 2.04 bits per heavy atom. The lowest BCUT2D eigenvalue weighted by Gasteiger charge is -2.16. The number of hydrogen-bond acceptors (Lipinski definition) is 3. The molecule has 0 radical (unpaired) electrons. The van der Waals surface area contributed by atoms with E-state index in [2.05, 4.69) is 32.2 Å². The summed E-state index contributed by atoms with van der Waals surface area (Å²) in [6.45, 7) is 3.03. The predicted octanol–water partition coefficient (Wildman–Crippen LogP) is 3.68. The summed E-state index contributed by atoms with van der Waals surface area (Å²) in [7, 11) is 0. The number of nitrogens with one attached hydrogen (secondary N) is 1. The van der Waals surface area contributed by atoms with Crippen LogP contribution in [-0.2, 0) is 13.0 Å². The third kappa shape index (κ3) is 3.77. The number of hydrogen-bond donors (Lipinski definition) is 1. The molecule has 1 saturated heterocycles. The topological polar surface area (TPSA) is 44.8 Å². The Labute approximate surface area is 146 Å². The van der Waals surface area contributed by atoms with Gasteiger partial charge in [-0.15, -0.1) is 0 Å². The smallest absolute Gasteiger partial charge is 0.123 e. The Bertz CT molecular complexity index is 813. The second kappa shape index (κ2) is 7.15. The first-order chi connectivity index (χ1) is 12.3. The summed E-state index contributed by atoms with van der Waals surface area (Å²) < 4.78 is 13.1. The van der Waals surface area contributed by atoms with Crippen LogP contribution in [0.4, 0.5) is 4.39 Å². The second-order valence-corrected chi connectivity index (χ2v) is 6.69. The van der Waals surface area contributed by atoms with E-state index in [0.717, 1.165) is 42.9 Å². The lowest BCUT2D eigenvalue weighted by molar-refractivity contribution is 0.316. The Balaban J connectivity index is 1.40. The van der Waals surface area contributed by atoms with Gasteiger partial charge in [0.05, 0.1) is 11.9 Å². The number of nitrogens with zero attached hydrogens (tertiary/aromatic N) is 3. The molecule has 2 aromatic heterocycles. The van der Waals surface area contributed by atoms with Crippen molar-refractivity contribution in [3.05, 3.63) is 71.9 Å². The maximum absolute atomic E-state index is 13.1. The van der Waals surface area contributed by atoms with Gasteiger partial charge in [-0.3, -0.25) is 15.0 Å². The van der Waals surface area contributed by atoms with E-state index in [-0.39, 0.29) is 5.82 Å². The van der Waals surface area contributed by atoms with Crippen molar-refractivity contribution >= 4 is 0 Å². The van der Waals surface area contributed by atoms with Crippen LogP contribution < -0.4 is 0 Å². The molecule has 0 spiro atoms. The Morgan fingerprint density at radius 1 is 1.16 bits per heavy atom. The van der Waals surface area contributed by atoms with E-state index >= 15 is 0 Å². The highest BCUT2D eigenvalue weighted by molar-refractivity contribution is 5.62. The van der Waals surface area contributed by atoms with Crippen molar-refractivity contribution in [3.63, 3.8) is 0 Å². The fourth-order valence-corrected chi connectivity index (χ4v) is 3.58. The summed E-state index contributed by atoms with van der Waals surface area (Å²) in [5.74, 6) is 0.429. The highest BCUT2D eigenvalue weighted by Crippen LogP contribution is 2.26. The lowest BCUT2D eigenvalue weighted by Crippen LogP contribution is -2.20. The van der Waals surface area contributed by atoms with Crippen LogP contribution in [0, 0.1) is 11.7 Å². The molecule has 1 aliphatic heterocycles. The van der Waals surface area contributed by atoms with E-state index in [1.165, 1.54) is 24.2 Å². The van der Waals surface area contributed by atoms with Gasteiger partial charge in [-0.1, -0.05) is 6.07 Å². The molecule has 0 amide bonds. The van der Waals surface area contributed by atoms with E-state index < -0.39 is 0 Å². The lowest BCUT2D eigenvalue weighted by atomic mass is 10.0. The Hall–Kier alpha value is -2.53. The van der Waals surface area contributed by atoms with Crippen LogP contribution in [0.2, 0.25) is 0 Å². The van der Waals surface area contributed by atoms with E-state index in [1.54, 1.807) is 12.1 Å². The van der Waals surface area contributed by atoms with E-state index in [0.29, 0.717) is 5.92 Å². The van der Waals surface area contributed by atoms with Gasteiger partial charge in [-0.2, -0.15) is 5.10 Å². The molecule has 0 aliphatic carbocycles. The van der Waals surface area contributed by atoms with Crippen molar-refractivity contribution in [2.24, 2.45) is 5.92 Å². The van der Waals surface area contributed by atoms with Crippen molar-refractivity contribution in [3.8, 4) is 11.3 Å². The molecule has 3 aromatic rings. The van der Waals surface area contributed by atoms with Crippen LogP contribution in [0.15, 0.2) is 54.9 Å². The van der Waals surface area contributed by atoms with Gasteiger partial charge in [-0.05, 0) is 61.7 Å². The number of aromatic amines is 1. The fourth-order valence-electron chi connectivity index (χ4n) is 3.58. The molecule has 1 N–H and O–H groups in total. The molecule has 1 aromatic carbocycles. The van der Waals surface area contributed by atoms with Gasteiger partial charge >= 0.3 is 0 Å². The zero-order chi connectivity index (χ0) is 17.1. The highest BCUT2D eigenvalue weighted by atomic mass is 19.1. The molecule has 1 aliphatic rings. The second-order valence-electron chi connectivity index (χ2n) is 6.69. The number of likely N-dealkylation sites (tertiary alicyclic amines) is 1. The number of H-pyrrole nitrogens is 1. The fraction of sp³-hybridized carbons (Fsp3) is 0.300. The van der Waals surface area contributed by atoms with Crippen LogP contribution in [0.5, 0.6) is 0 Å². The van der Waals surface area contributed by atoms with E-state index in [4.69, 9.17) is 0 Å². The van der Waals surface area contributed by atoms with E-state index in [1.807, 2.05) is 18.5 Å². The molecule has 0 bridgehead atoms. The zero-order valence-corrected chi connectivity index (χ0v) is 14.0. The summed E-state index contributed by atoms with van der Waals surface area (Å²) in [6, 6.07) is 12.7. The van der Waals surface area contributed by atoms with Crippen molar-refractivity contribution in [1.82, 2.24) is 20.1 Å². The molecule has 1 unspecified atom stereocenters. The summed E-state index contributed by atoms with van der Waals surface area (Å²) >= 11 is 0. The minimum atomic E-state index is -0.221. The number of rotatable bonds is 5. The van der Waals surface area contributed by atoms with Gasteiger partial charge in [0.15, 0.2) is 0 Å². The summed E-state index contributed by atoms with van der Waals surface area (Å²) in [4.78, 5) is 6.90. The molecule has 25 heavy (non-hydrogen) atoms. The molecular weight excluding hydrogens is 315 g/mol. The normalized spacial score (nSPS) is 17.9. The Morgan fingerprint density at radius 3 is 2.84 bits per heavy atom. The molecule has 1 atom stereocenters. The van der Waals surface area contributed by atoms with Crippen LogP contribution in [-0.4, -0.2) is 33.2 Å². The van der Waals surface area contributed by atoms with Crippen molar-refractivity contribution in [2.75, 3.05) is 13.1 Å². The van der Waals surface area contributed by atoms with Gasteiger partial charge in [-0.25, -0.2) is 4.39 Å². The van der Waals surface area contributed by atoms with Crippen LogP contribution >= 0.6 is 0 Å². The van der Waals surface area contributed by atoms with Crippen LogP contribution in [0.1, 0.15) is 17.7 Å². The van der Waals surface area contributed by atoms with Crippen molar-refractivity contribution < 1.29 is 4.39 Å². The van der Waals surface area contributed by atoms with Gasteiger partial charge in [0.2, 0.25) is 0 Å². The molecule has 4 rings (SSSR count). The maximum Gasteiger partial charge on any atom is 0.123 e. The van der Waals surface area contributed by atoms with Gasteiger partial charge in [0.1, 0.15) is 5.82 Å². The number of benzene rings is 1. The van der Waals surface area contributed by atoms with Gasteiger partial charge in [0, 0.05) is 36.1 Å². The molecule has 3 heterocycles. The van der Waals surface area contributed by atoms with Gasteiger partial charge < -0.3 is 0 Å². The summed E-state index contributed by atoms with van der Waals surface area (Å²) in [5, 5.41) is 7.25. The standard InChI is InChI=1S/C20H21FN4/c21-18-6-4-16(5-7-18)20-17(12-23-24-20)14-25-10-8-15(13-25)11-19-3-1-2-9-22-19/h1-7,9,12,15H,8,10-11,13-14H2,(H,23,24). The number of halogens is 1. The third-order valence-corrected chi connectivity index (χ3v) is 4.84. The number of aromatic nitrogens is 3. The predicted molar refractivity (Wildman–Crippen MR) is 95.3 cm³/mol. The van der Waals surface area contributed by atoms with Gasteiger partial charge in [0.25, 0.3) is 0 Å². The molecular formula is C20H21FN4. The molecule has 4 nitrogen and oxygen atoms in total. The first-order valence-corrected chi connectivity index (χ1v) is 8.68. The quantitative estimate of drug-likeness (QED) is 0.773. The highest BCUT2D eigenvalue weighted by Gasteiger charge is 2.24. The van der Waals surface area contributed by atoms with Crippen molar-refractivity contribution in [2.45, 2.75) is 19.4 Å². The minimum Gasteiger partial charge on any atom is -0.299 e. The summed E-state index contributed by atoms with van der Waals surface area (Å²) in [5.41, 5.74) is 4.28. The SMILES string of the molecule is Fc1ccc(-c2[nH]ncc2CN2CCC(Cc3ccccn3)C2)cc1. The maximum atomic E-state index is 13.1. The van der Waals surface area contributed by atoms with Crippen LogP contribution in [0.3, 0.4) is 0 Å². The average molecular weight is 336 g/mol. The van der Waals surface area contributed by atoms with E-state index in [9.17, 15) is 4.39 Å². The first kappa shape index (κ1) is 16.0. The molecule has 0 saturated carbocycles. The Kier molecular flexibility index (Phi) is 4.57. The first-order valence-electron chi connectivity index (χ1n) is 8.68. The van der Waals surface area contributed by atoms with Crippen molar-refractivity contribution in [1.29, 1.82) is 0 Å². The monoisotopic (exact) mass is 336 g/mol. The average Bonchev–Trinajstić information content (AvgIpc) is 3.27. The number of pyridine rings is 1. The molecule has 1 fully saturated rings. The largest absolute Gasteiger partial charge is 0.299 e. The minimum absolute atomic E-state index is 0.221.